The Bertz CT molecular complexity index is 1160. The first-order valence-electron chi connectivity index (χ1n) is 9.90. The molecule has 0 fully saturated rings. The molecule has 0 spiro atoms. The Balaban J connectivity index is 1.97. The second kappa shape index (κ2) is 9.90. The lowest BCUT2D eigenvalue weighted by Crippen LogP contribution is -2.43. The normalized spacial score (nSPS) is 11.2. The topological polar surface area (TPSA) is 49.3 Å². The molecule has 0 aliphatic carbocycles. The van der Waals surface area contributed by atoms with Crippen molar-refractivity contribution in [2.24, 2.45) is 0 Å². The molecule has 9 heteroatoms. The minimum Gasteiger partial charge on any atom is -0.274 e. The summed E-state index contributed by atoms with van der Waals surface area (Å²) < 4.78 is 27.1. The standard InChI is InChI=1S/C23H22Cl2F2N4O/c1-5-31(30(4)23(32)17-10-11-19(27)21(25)20(17)24)12-18-13(2)28-14(3)29-22(18)15-6-8-16(26)9-7-15/h6-11H,5,12H2,1-4H3. The second-order valence-electron chi connectivity index (χ2n) is 7.22. The van der Waals surface area contributed by atoms with Crippen molar-refractivity contribution in [1.82, 2.24) is 20.0 Å². The summed E-state index contributed by atoms with van der Waals surface area (Å²) in [5.74, 6) is -0.883. The monoisotopic (exact) mass is 478 g/mol. The molecule has 3 rings (SSSR count). The molecule has 0 saturated heterocycles. The van der Waals surface area contributed by atoms with Crippen molar-refractivity contribution in [3.8, 4) is 11.3 Å². The van der Waals surface area contributed by atoms with E-state index in [1.807, 2.05) is 13.8 Å². The number of halogens is 4. The summed E-state index contributed by atoms with van der Waals surface area (Å²) in [7, 11) is 1.60. The van der Waals surface area contributed by atoms with Crippen LogP contribution < -0.4 is 0 Å². The fourth-order valence-electron chi connectivity index (χ4n) is 3.38. The molecule has 0 N–H and O–H groups in total. The third kappa shape index (κ3) is 4.90. The van der Waals surface area contributed by atoms with E-state index >= 15 is 0 Å². The van der Waals surface area contributed by atoms with E-state index in [9.17, 15) is 13.6 Å². The summed E-state index contributed by atoms with van der Waals surface area (Å²) in [4.78, 5) is 22.1. The molecular formula is C23H22Cl2F2N4O. The highest BCUT2D eigenvalue weighted by atomic mass is 35.5. The van der Waals surface area contributed by atoms with E-state index < -0.39 is 11.7 Å². The first kappa shape index (κ1) is 24.0. The van der Waals surface area contributed by atoms with Crippen LogP contribution in [0.3, 0.4) is 0 Å². The number of hydrazine groups is 1. The molecule has 0 atom stereocenters. The van der Waals surface area contributed by atoms with E-state index in [4.69, 9.17) is 23.2 Å². The van der Waals surface area contributed by atoms with E-state index in [2.05, 4.69) is 9.97 Å². The molecule has 2 aromatic carbocycles. The zero-order valence-corrected chi connectivity index (χ0v) is 19.6. The maximum atomic E-state index is 13.7. The van der Waals surface area contributed by atoms with Crippen molar-refractivity contribution in [1.29, 1.82) is 0 Å². The Morgan fingerprint density at radius 3 is 2.28 bits per heavy atom. The summed E-state index contributed by atoms with van der Waals surface area (Å²) in [6.07, 6.45) is 0. The third-order valence-electron chi connectivity index (χ3n) is 5.13. The van der Waals surface area contributed by atoms with Gasteiger partial charge in [-0.25, -0.2) is 23.8 Å². The second-order valence-corrected chi connectivity index (χ2v) is 7.98. The van der Waals surface area contributed by atoms with Gasteiger partial charge in [0.2, 0.25) is 0 Å². The van der Waals surface area contributed by atoms with E-state index in [0.717, 1.165) is 22.9 Å². The molecule has 32 heavy (non-hydrogen) atoms. The highest BCUT2D eigenvalue weighted by Crippen LogP contribution is 2.30. The number of benzene rings is 2. The third-order valence-corrected chi connectivity index (χ3v) is 5.99. The van der Waals surface area contributed by atoms with Gasteiger partial charge in [-0.3, -0.25) is 9.80 Å². The maximum Gasteiger partial charge on any atom is 0.269 e. The van der Waals surface area contributed by atoms with E-state index in [1.165, 1.54) is 23.2 Å². The first-order chi connectivity index (χ1) is 15.1. The van der Waals surface area contributed by atoms with Crippen molar-refractivity contribution >= 4 is 29.1 Å². The first-order valence-corrected chi connectivity index (χ1v) is 10.7. The van der Waals surface area contributed by atoms with Crippen LogP contribution >= 0.6 is 23.2 Å². The largest absolute Gasteiger partial charge is 0.274 e. The molecule has 1 aromatic heterocycles. The lowest BCUT2D eigenvalue weighted by molar-refractivity contribution is 0.00346. The number of aromatic nitrogens is 2. The fourth-order valence-corrected chi connectivity index (χ4v) is 3.78. The SMILES string of the molecule is CCN(Cc1c(C)nc(C)nc1-c1ccc(F)cc1)N(C)C(=O)c1ccc(F)c(Cl)c1Cl. The van der Waals surface area contributed by atoms with Gasteiger partial charge < -0.3 is 0 Å². The predicted molar refractivity (Wildman–Crippen MR) is 121 cm³/mol. The fraction of sp³-hybridized carbons (Fsp3) is 0.261. The Hall–Kier alpha value is -2.61. The number of carbonyl (C=O) groups excluding carboxylic acids is 1. The van der Waals surface area contributed by atoms with Gasteiger partial charge in [-0.1, -0.05) is 30.1 Å². The van der Waals surface area contributed by atoms with Gasteiger partial charge >= 0.3 is 0 Å². The number of amides is 1. The molecular weight excluding hydrogens is 457 g/mol. The summed E-state index contributed by atoms with van der Waals surface area (Å²) in [5, 5.41) is 2.75. The average molecular weight is 479 g/mol. The van der Waals surface area contributed by atoms with Crippen LogP contribution in [0.5, 0.6) is 0 Å². The van der Waals surface area contributed by atoms with Gasteiger partial charge in [0.1, 0.15) is 17.5 Å². The maximum absolute atomic E-state index is 13.7. The number of hydrogen-bond acceptors (Lipinski definition) is 4. The predicted octanol–water partition coefficient (Wildman–Crippen LogP) is 5.85. The van der Waals surface area contributed by atoms with Crippen LogP contribution in [0.15, 0.2) is 36.4 Å². The van der Waals surface area contributed by atoms with Crippen LogP contribution in [0, 0.1) is 25.5 Å². The molecule has 0 bridgehead atoms. The van der Waals surface area contributed by atoms with Gasteiger partial charge in [0.05, 0.1) is 21.3 Å². The van der Waals surface area contributed by atoms with Crippen LogP contribution in [0.25, 0.3) is 11.3 Å². The minimum atomic E-state index is -0.695. The number of carbonyl (C=O) groups is 1. The van der Waals surface area contributed by atoms with Gasteiger partial charge in [-0.15, -0.1) is 0 Å². The Morgan fingerprint density at radius 2 is 1.66 bits per heavy atom. The highest BCUT2D eigenvalue weighted by Gasteiger charge is 2.24. The summed E-state index contributed by atoms with van der Waals surface area (Å²) in [5.41, 5.74) is 3.05. The van der Waals surface area contributed by atoms with Crippen molar-refractivity contribution in [2.75, 3.05) is 13.6 Å². The zero-order chi connectivity index (χ0) is 23.6. The Morgan fingerprint density at radius 1 is 1.00 bits per heavy atom. The zero-order valence-electron chi connectivity index (χ0n) is 18.1. The van der Waals surface area contributed by atoms with Gasteiger partial charge in [0.15, 0.2) is 0 Å². The Labute approximate surface area is 195 Å². The molecule has 1 amide bonds. The summed E-state index contributed by atoms with van der Waals surface area (Å²) in [6.45, 7) is 6.33. The summed E-state index contributed by atoms with van der Waals surface area (Å²) >= 11 is 12.0. The van der Waals surface area contributed by atoms with Crippen molar-refractivity contribution < 1.29 is 13.6 Å². The molecule has 0 unspecified atom stereocenters. The van der Waals surface area contributed by atoms with Gasteiger partial charge in [0, 0.05) is 37.0 Å². The van der Waals surface area contributed by atoms with Gasteiger partial charge in [-0.2, -0.15) is 0 Å². The lowest BCUT2D eigenvalue weighted by Gasteiger charge is -2.32. The van der Waals surface area contributed by atoms with Crippen LogP contribution in [-0.4, -0.2) is 39.5 Å². The molecule has 0 radical (unpaired) electrons. The van der Waals surface area contributed by atoms with E-state index in [1.54, 1.807) is 31.1 Å². The Kier molecular flexibility index (Phi) is 7.44. The lowest BCUT2D eigenvalue weighted by atomic mass is 10.0. The molecule has 0 aliphatic heterocycles. The molecule has 168 valence electrons. The molecule has 0 aliphatic rings. The minimum absolute atomic E-state index is 0.0923. The molecule has 1 heterocycles. The molecule has 3 aromatic rings. The van der Waals surface area contributed by atoms with Crippen molar-refractivity contribution in [3.63, 3.8) is 0 Å². The average Bonchev–Trinajstić information content (AvgIpc) is 2.76. The van der Waals surface area contributed by atoms with Gasteiger partial charge in [-0.05, 0) is 50.2 Å². The van der Waals surface area contributed by atoms with Crippen LogP contribution in [0.2, 0.25) is 10.0 Å². The van der Waals surface area contributed by atoms with Crippen molar-refractivity contribution in [2.45, 2.75) is 27.3 Å². The van der Waals surface area contributed by atoms with Crippen LogP contribution in [0.1, 0.15) is 34.4 Å². The molecule has 0 saturated carbocycles. The number of aryl methyl sites for hydroxylation is 2. The van der Waals surface area contributed by atoms with Gasteiger partial charge in [0.25, 0.3) is 5.91 Å². The van der Waals surface area contributed by atoms with Crippen LogP contribution in [0.4, 0.5) is 8.78 Å². The quantitative estimate of drug-likeness (QED) is 0.329. The number of rotatable bonds is 6. The molecule has 5 nitrogen and oxygen atoms in total. The van der Waals surface area contributed by atoms with Crippen molar-refractivity contribution in [3.05, 3.63) is 80.7 Å². The van der Waals surface area contributed by atoms with Crippen LogP contribution in [-0.2, 0) is 6.54 Å². The summed E-state index contributed by atoms with van der Waals surface area (Å²) in [6, 6.07) is 8.48. The highest BCUT2D eigenvalue weighted by molar-refractivity contribution is 6.43. The number of nitrogens with zero attached hydrogens (tertiary/aromatic N) is 4. The number of hydrogen-bond donors (Lipinski definition) is 0. The van der Waals surface area contributed by atoms with E-state index in [-0.39, 0.29) is 21.4 Å². The smallest absolute Gasteiger partial charge is 0.269 e. The van der Waals surface area contributed by atoms with E-state index in [0.29, 0.717) is 24.6 Å².